The molecule has 0 N–H and O–H groups in total. The Hall–Kier alpha value is -2.89. The van der Waals surface area contributed by atoms with Crippen LogP contribution < -0.4 is 0 Å². The molecule has 0 unspecified atom stereocenters. The quantitative estimate of drug-likeness (QED) is 0.237. The Labute approximate surface area is 182 Å². The van der Waals surface area contributed by atoms with E-state index in [0.29, 0.717) is 6.04 Å². The Morgan fingerprint density at radius 2 is 1.87 bits per heavy atom. The van der Waals surface area contributed by atoms with Crippen LogP contribution in [0.25, 0.3) is 11.1 Å². The van der Waals surface area contributed by atoms with Gasteiger partial charge in [0.1, 0.15) is 0 Å². The SMILES string of the molecule is C\C=C/C=C(\C=N\CCCC#Cc1ccc(-c2ccccc2)cc1)[C@@H]1CCCN1C. The molecule has 1 aliphatic rings. The van der Waals surface area contributed by atoms with Crippen LogP contribution in [0.1, 0.15) is 38.2 Å². The maximum atomic E-state index is 4.67. The van der Waals surface area contributed by atoms with Crippen LogP contribution in [0.2, 0.25) is 0 Å². The largest absolute Gasteiger partial charge is 0.299 e. The van der Waals surface area contributed by atoms with Crippen molar-refractivity contribution in [3.05, 3.63) is 84.0 Å². The van der Waals surface area contributed by atoms with Crippen molar-refractivity contribution >= 4 is 6.21 Å². The summed E-state index contributed by atoms with van der Waals surface area (Å²) in [7, 11) is 2.21. The molecule has 2 nitrogen and oxygen atoms in total. The third-order valence-electron chi connectivity index (χ3n) is 5.44. The van der Waals surface area contributed by atoms with Crippen molar-refractivity contribution in [2.45, 2.75) is 38.6 Å². The molecule has 1 aliphatic heterocycles. The van der Waals surface area contributed by atoms with Crippen LogP contribution in [-0.4, -0.2) is 37.3 Å². The van der Waals surface area contributed by atoms with Crippen molar-refractivity contribution in [1.82, 2.24) is 4.90 Å². The summed E-state index contributed by atoms with van der Waals surface area (Å²) in [6, 6.07) is 19.4. The number of likely N-dealkylation sites (N-methyl/N-ethyl adjacent to an activating group) is 1. The molecule has 154 valence electrons. The van der Waals surface area contributed by atoms with Gasteiger partial charge in [0, 0.05) is 30.8 Å². The second kappa shape index (κ2) is 12.0. The minimum atomic E-state index is 0.503. The van der Waals surface area contributed by atoms with Crippen LogP contribution in [0.15, 0.2) is 83.4 Å². The van der Waals surface area contributed by atoms with E-state index in [4.69, 9.17) is 0 Å². The zero-order valence-corrected chi connectivity index (χ0v) is 18.2. The third kappa shape index (κ3) is 6.58. The molecule has 0 amide bonds. The third-order valence-corrected chi connectivity index (χ3v) is 5.44. The van der Waals surface area contributed by atoms with E-state index in [2.05, 4.69) is 109 Å². The van der Waals surface area contributed by atoms with Gasteiger partial charge in [-0.1, -0.05) is 72.5 Å². The first-order chi connectivity index (χ1) is 14.8. The van der Waals surface area contributed by atoms with E-state index in [0.717, 1.165) is 24.9 Å². The standard InChI is InChI=1S/C28H32N2/c1-3-4-13-27(28-16-11-22-30(28)2)23-29-21-10-6-7-12-24-17-19-26(20-18-24)25-14-8-5-9-15-25/h3-5,8-9,13-15,17-20,23,28H,6,10-11,16,21-22H2,1-2H3/b4-3-,27-13+,29-23+/t28-/m0/s1. The maximum Gasteiger partial charge on any atom is 0.0398 e. The van der Waals surface area contributed by atoms with Crippen LogP contribution in [0, 0.1) is 11.8 Å². The molecule has 0 saturated carbocycles. The molecule has 2 aromatic carbocycles. The highest BCUT2D eigenvalue weighted by Gasteiger charge is 2.23. The van der Waals surface area contributed by atoms with Crippen molar-refractivity contribution in [3.63, 3.8) is 0 Å². The van der Waals surface area contributed by atoms with Crippen LogP contribution in [0.4, 0.5) is 0 Å². The molecule has 0 radical (unpaired) electrons. The first-order valence-corrected chi connectivity index (χ1v) is 10.9. The van der Waals surface area contributed by atoms with Gasteiger partial charge in [-0.15, -0.1) is 0 Å². The Balaban J connectivity index is 1.46. The molecule has 1 saturated heterocycles. The van der Waals surface area contributed by atoms with Gasteiger partial charge < -0.3 is 0 Å². The van der Waals surface area contributed by atoms with Gasteiger partial charge in [0.25, 0.3) is 0 Å². The van der Waals surface area contributed by atoms with Crippen LogP contribution in [0.5, 0.6) is 0 Å². The lowest BCUT2D eigenvalue weighted by atomic mass is 10.0. The number of likely N-dealkylation sites (tertiary alicyclic amines) is 1. The Bertz CT molecular complexity index is 924. The summed E-state index contributed by atoms with van der Waals surface area (Å²) < 4.78 is 0. The number of benzene rings is 2. The summed E-state index contributed by atoms with van der Waals surface area (Å²) >= 11 is 0. The van der Waals surface area contributed by atoms with Crippen molar-refractivity contribution in [3.8, 4) is 23.0 Å². The zero-order valence-electron chi connectivity index (χ0n) is 18.2. The van der Waals surface area contributed by atoms with Gasteiger partial charge in [0.15, 0.2) is 0 Å². The fourth-order valence-corrected chi connectivity index (χ4v) is 3.75. The molecular formula is C28H32N2. The highest BCUT2D eigenvalue weighted by molar-refractivity contribution is 5.80. The van der Waals surface area contributed by atoms with E-state index < -0.39 is 0 Å². The second-order valence-corrected chi connectivity index (χ2v) is 7.72. The van der Waals surface area contributed by atoms with Gasteiger partial charge in [0.2, 0.25) is 0 Å². The summed E-state index contributed by atoms with van der Waals surface area (Å²) in [5, 5.41) is 0. The summed E-state index contributed by atoms with van der Waals surface area (Å²) in [6.45, 7) is 4.05. The number of unbranched alkanes of at least 4 members (excludes halogenated alkanes) is 1. The minimum absolute atomic E-state index is 0.503. The monoisotopic (exact) mass is 396 g/mol. The molecule has 30 heavy (non-hydrogen) atoms. The van der Waals surface area contributed by atoms with Crippen molar-refractivity contribution in [2.24, 2.45) is 4.99 Å². The molecule has 0 aromatic heterocycles. The molecule has 0 spiro atoms. The van der Waals surface area contributed by atoms with Gasteiger partial charge in [-0.25, -0.2) is 0 Å². The maximum absolute atomic E-state index is 4.67. The van der Waals surface area contributed by atoms with Crippen molar-refractivity contribution < 1.29 is 0 Å². The Morgan fingerprint density at radius 1 is 1.10 bits per heavy atom. The molecule has 1 fully saturated rings. The first-order valence-electron chi connectivity index (χ1n) is 10.9. The molecule has 1 atom stereocenters. The first kappa shape index (κ1) is 21.8. The van der Waals surface area contributed by atoms with Crippen molar-refractivity contribution in [1.29, 1.82) is 0 Å². The van der Waals surface area contributed by atoms with Crippen molar-refractivity contribution in [2.75, 3.05) is 20.1 Å². The highest BCUT2D eigenvalue weighted by atomic mass is 15.1. The van der Waals surface area contributed by atoms with Gasteiger partial charge in [-0.05, 0) is 68.6 Å². The number of hydrogen-bond acceptors (Lipinski definition) is 2. The lowest BCUT2D eigenvalue weighted by Crippen LogP contribution is -2.27. The number of hydrogen-bond donors (Lipinski definition) is 0. The van der Waals surface area contributed by atoms with E-state index in [9.17, 15) is 0 Å². The zero-order chi connectivity index (χ0) is 21.0. The van der Waals surface area contributed by atoms with Gasteiger partial charge >= 0.3 is 0 Å². The lowest BCUT2D eigenvalue weighted by Gasteiger charge is -2.20. The van der Waals surface area contributed by atoms with E-state index >= 15 is 0 Å². The van der Waals surface area contributed by atoms with Crippen LogP contribution >= 0.6 is 0 Å². The average Bonchev–Trinajstić information content (AvgIpc) is 3.22. The number of allylic oxidation sites excluding steroid dienone is 3. The van der Waals surface area contributed by atoms with Crippen LogP contribution in [0.3, 0.4) is 0 Å². The minimum Gasteiger partial charge on any atom is -0.299 e. The lowest BCUT2D eigenvalue weighted by molar-refractivity contribution is 0.351. The van der Waals surface area contributed by atoms with E-state index in [1.807, 2.05) is 6.07 Å². The van der Waals surface area contributed by atoms with Crippen LogP contribution in [-0.2, 0) is 0 Å². The number of nitrogens with zero attached hydrogens (tertiary/aromatic N) is 2. The molecule has 2 aromatic rings. The predicted molar refractivity (Wildman–Crippen MR) is 130 cm³/mol. The summed E-state index contributed by atoms with van der Waals surface area (Å²) in [5.74, 6) is 6.56. The van der Waals surface area contributed by atoms with Gasteiger partial charge in [0.05, 0.1) is 0 Å². The highest BCUT2D eigenvalue weighted by Crippen LogP contribution is 2.21. The summed E-state index contributed by atoms with van der Waals surface area (Å²) in [6.07, 6.45) is 12.8. The van der Waals surface area contributed by atoms with E-state index in [1.165, 1.54) is 36.1 Å². The average molecular weight is 397 g/mol. The second-order valence-electron chi connectivity index (χ2n) is 7.72. The fourth-order valence-electron chi connectivity index (χ4n) is 3.75. The molecule has 1 heterocycles. The summed E-state index contributed by atoms with van der Waals surface area (Å²) in [4.78, 5) is 7.10. The predicted octanol–water partition coefficient (Wildman–Crippen LogP) is 6.15. The Kier molecular flexibility index (Phi) is 8.69. The van der Waals surface area contributed by atoms with E-state index in [1.54, 1.807) is 0 Å². The number of aliphatic imine (C=N–C) groups is 1. The smallest absolute Gasteiger partial charge is 0.0398 e. The fraction of sp³-hybridized carbons (Fsp3) is 0.321. The molecule has 0 bridgehead atoms. The summed E-state index contributed by atoms with van der Waals surface area (Å²) in [5.41, 5.74) is 4.85. The number of rotatable bonds is 7. The molecule has 2 heteroatoms. The van der Waals surface area contributed by atoms with Gasteiger partial charge in [-0.3, -0.25) is 9.89 Å². The van der Waals surface area contributed by atoms with E-state index in [-0.39, 0.29) is 0 Å². The Morgan fingerprint density at radius 3 is 2.57 bits per heavy atom. The van der Waals surface area contributed by atoms with Gasteiger partial charge in [-0.2, -0.15) is 0 Å². The topological polar surface area (TPSA) is 15.6 Å². The molecule has 3 rings (SSSR count). The molecular weight excluding hydrogens is 364 g/mol. The molecule has 0 aliphatic carbocycles. The normalized spacial score (nSPS) is 17.5.